The van der Waals surface area contributed by atoms with Gasteiger partial charge in [0.15, 0.2) is 5.76 Å². The molecule has 82 valence electrons. The highest BCUT2D eigenvalue weighted by atomic mass is 16.3. The summed E-state index contributed by atoms with van der Waals surface area (Å²) in [5, 5.41) is 5.22. The van der Waals surface area contributed by atoms with Crippen LogP contribution in [0, 0.1) is 0 Å². The Morgan fingerprint density at radius 3 is 2.80 bits per heavy atom. The average Bonchev–Trinajstić information content (AvgIpc) is 2.70. The summed E-state index contributed by atoms with van der Waals surface area (Å²) in [7, 11) is 0. The van der Waals surface area contributed by atoms with Gasteiger partial charge in [-0.15, -0.1) is 0 Å². The number of hydrogen-bond acceptors (Lipinski definition) is 3. The molecule has 2 amide bonds. The summed E-state index contributed by atoms with van der Waals surface area (Å²) < 4.78 is 4.89. The smallest absolute Gasteiger partial charge is 0.286 e. The Morgan fingerprint density at radius 2 is 2.20 bits per heavy atom. The normalized spacial score (nSPS) is 9.67. The van der Waals surface area contributed by atoms with Crippen molar-refractivity contribution >= 4 is 11.8 Å². The standard InChI is InChI=1S/C10H14N2O3/c1-2-11-9(13)5-6-12-10(14)8-4-3-7-15-8/h3-4,7H,2,5-6H2,1H3,(H,11,13)(H,12,14). The zero-order valence-electron chi connectivity index (χ0n) is 8.58. The van der Waals surface area contributed by atoms with Crippen molar-refractivity contribution in [2.75, 3.05) is 13.1 Å². The van der Waals surface area contributed by atoms with Gasteiger partial charge in [-0.05, 0) is 19.1 Å². The lowest BCUT2D eigenvalue weighted by molar-refractivity contribution is -0.120. The maximum Gasteiger partial charge on any atom is 0.286 e. The summed E-state index contributed by atoms with van der Waals surface area (Å²) in [4.78, 5) is 22.3. The Labute approximate surface area is 87.8 Å². The van der Waals surface area contributed by atoms with Crippen molar-refractivity contribution < 1.29 is 14.0 Å². The van der Waals surface area contributed by atoms with E-state index in [0.717, 1.165) is 0 Å². The highest BCUT2D eigenvalue weighted by Crippen LogP contribution is 1.98. The van der Waals surface area contributed by atoms with Gasteiger partial charge in [-0.3, -0.25) is 9.59 Å². The van der Waals surface area contributed by atoms with Crippen molar-refractivity contribution in [3.63, 3.8) is 0 Å². The van der Waals surface area contributed by atoms with E-state index in [-0.39, 0.29) is 24.0 Å². The van der Waals surface area contributed by atoms with Crippen molar-refractivity contribution in [3.05, 3.63) is 24.2 Å². The molecular formula is C10H14N2O3. The van der Waals surface area contributed by atoms with Crippen molar-refractivity contribution in [2.24, 2.45) is 0 Å². The topological polar surface area (TPSA) is 71.3 Å². The minimum Gasteiger partial charge on any atom is -0.459 e. The first kappa shape index (κ1) is 11.3. The number of amides is 2. The van der Waals surface area contributed by atoms with Gasteiger partial charge in [0.1, 0.15) is 0 Å². The molecule has 0 atom stereocenters. The molecule has 5 nitrogen and oxygen atoms in total. The van der Waals surface area contributed by atoms with E-state index in [4.69, 9.17) is 4.42 Å². The van der Waals surface area contributed by atoms with E-state index in [9.17, 15) is 9.59 Å². The van der Waals surface area contributed by atoms with Gasteiger partial charge in [-0.1, -0.05) is 0 Å². The van der Waals surface area contributed by atoms with Gasteiger partial charge in [0, 0.05) is 19.5 Å². The molecule has 0 spiro atoms. The molecule has 5 heteroatoms. The predicted octanol–water partition coefficient (Wildman–Crippen LogP) is 0.536. The molecule has 0 saturated carbocycles. The third kappa shape index (κ3) is 3.84. The highest BCUT2D eigenvalue weighted by molar-refractivity contribution is 5.91. The molecule has 1 heterocycles. The SMILES string of the molecule is CCNC(=O)CCNC(=O)c1ccco1. The molecular weight excluding hydrogens is 196 g/mol. The van der Waals surface area contributed by atoms with Crippen LogP contribution in [0.4, 0.5) is 0 Å². The molecule has 15 heavy (non-hydrogen) atoms. The molecule has 0 fully saturated rings. The van der Waals surface area contributed by atoms with Crippen LogP contribution in [0.1, 0.15) is 23.9 Å². The molecule has 0 aliphatic carbocycles. The van der Waals surface area contributed by atoms with Crippen LogP contribution in [0.2, 0.25) is 0 Å². The third-order valence-electron chi connectivity index (χ3n) is 1.76. The van der Waals surface area contributed by atoms with Gasteiger partial charge < -0.3 is 15.1 Å². The highest BCUT2D eigenvalue weighted by Gasteiger charge is 2.07. The molecule has 1 aromatic heterocycles. The summed E-state index contributed by atoms with van der Waals surface area (Å²) in [6, 6.07) is 3.21. The molecule has 0 aliphatic rings. The van der Waals surface area contributed by atoms with Crippen LogP contribution in [0.15, 0.2) is 22.8 Å². The number of rotatable bonds is 5. The second kappa shape index (κ2) is 5.85. The van der Waals surface area contributed by atoms with E-state index in [2.05, 4.69) is 10.6 Å². The second-order valence-electron chi connectivity index (χ2n) is 2.94. The number of nitrogens with one attached hydrogen (secondary N) is 2. The summed E-state index contributed by atoms with van der Waals surface area (Å²) in [5.74, 6) is -0.118. The molecule has 0 radical (unpaired) electrons. The lowest BCUT2D eigenvalue weighted by Gasteiger charge is -2.03. The maximum absolute atomic E-state index is 11.3. The first-order valence-electron chi connectivity index (χ1n) is 4.82. The molecule has 0 aliphatic heterocycles. The molecule has 1 aromatic rings. The monoisotopic (exact) mass is 210 g/mol. The Kier molecular flexibility index (Phi) is 4.40. The minimum atomic E-state index is -0.302. The Morgan fingerprint density at radius 1 is 1.40 bits per heavy atom. The van der Waals surface area contributed by atoms with Gasteiger partial charge in [0.2, 0.25) is 5.91 Å². The van der Waals surface area contributed by atoms with Crippen LogP contribution in [-0.2, 0) is 4.79 Å². The largest absolute Gasteiger partial charge is 0.459 e. The first-order valence-corrected chi connectivity index (χ1v) is 4.82. The van der Waals surface area contributed by atoms with E-state index >= 15 is 0 Å². The molecule has 0 saturated heterocycles. The second-order valence-corrected chi connectivity index (χ2v) is 2.94. The van der Waals surface area contributed by atoms with Gasteiger partial charge in [-0.2, -0.15) is 0 Å². The maximum atomic E-state index is 11.3. The number of carbonyl (C=O) groups excluding carboxylic acids is 2. The number of hydrogen-bond donors (Lipinski definition) is 2. The van der Waals surface area contributed by atoms with Crippen molar-refractivity contribution in [2.45, 2.75) is 13.3 Å². The van der Waals surface area contributed by atoms with E-state index in [1.165, 1.54) is 6.26 Å². The van der Waals surface area contributed by atoms with Crippen molar-refractivity contribution in [1.82, 2.24) is 10.6 Å². The Bertz CT molecular complexity index is 319. The molecule has 0 unspecified atom stereocenters. The van der Waals surface area contributed by atoms with Crippen LogP contribution in [0.25, 0.3) is 0 Å². The van der Waals surface area contributed by atoms with Gasteiger partial charge in [0.05, 0.1) is 6.26 Å². The number of carbonyl (C=O) groups is 2. The Balaban J connectivity index is 2.21. The van der Waals surface area contributed by atoms with Crippen LogP contribution in [-0.4, -0.2) is 24.9 Å². The zero-order valence-corrected chi connectivity index (χ0v) is 8.58. The minimum absolute atomic E-state index is 0.0720. The fourth-order valence-electron chi connectivity index (χ4n) is 1.07. The molecule has 1 rings (SSSR count). The Hall–Kier alpha value is -1.78. The van der Waals surface area contributed by atoms with Crippen LogP contribution >= 0.6 is 0 Å². The zero-order chi connectivity index (χ0) is 11.1. The lowest BCUT2D eigenvalue weighted by atomic mass is 10.3. The van der Waals surface area contributed by atoms with Gasteiger partial charge >= 0.3 is 0 Å². The predicted molar refractivity (Wildman–Crippen MR) is 54.3 cm³/mol. The van der Waals surface area contributed by atoms with Crippen LogP contribution < -0.4 is 10.6 Å². The fraction of sp³-hybridized carbons (Fsp3) is 0.400. The van der Waals surface area contributed by atoms with Gasteiger partial charge in [0.25, 0.3) is 5.91 Å². The van der Waals surface area contributed by atoms with Crippen molar-refractivity contribution in [3.8, 4) is 0 Å². The fourth-order valence-corrected chi connectivity index (χ4v) is 1.07. The number of furan rings is 1. The summed E-state index contributed by atoms with van der Waals surface area (Å²) in [6.07, 6.45) is 1.71. The summed E-state index contributed by atoms with van der Waals surface area (Å²) in [6.45, 7) is 2.76. The molecule has 2 N–H and O–H groups in total. The van der Waals surface area contributed by atoms with E-state index in [1.807, 2.05) is 6.92 Å². The average molecular weight is 210 g/mol. The van der Waals surface area contributed by atoms with Crippen LogP contribution in [0.5, 0.6) is 0 Å². The first-order chi connectivity index (χ1) is 7.24. The summed E-state index contributed by atoms with van der Waals surface area (Å²) in [5.41, 5.74) is 0. The quantitative estimate of drug-likeness (QED) is 0.745. The lowest BCUT2D eigenvalue weighted by Crippen LogP contribution is -2.30. The molecule has 0 bridgehead atoms. The van der Waals surface area contributed by atoms with Crippen LogP contribution in [0.3, 0.4) is 0 Å². The summed E-state index contributed by atoms with van der Waals surface area (Å²) >= 11 is 0. The van der Waals surface area contributed by atoms with Crippen molar-refractivity contribution in [1.29, 1.82) is 0 Å². The van der Waals surface area contributed by atoms with Gasteiger partial charge in [-0.25, -0.2) is 0 Å². The van der Waals surface area contributed by atoms with E-state index in [0.29, 0.717) is 13.1 Å². The molecule has 0 aromatic carbocycles. The third-order valence-corrected chi connectivity index (χ3v) is 1.76. The van der Waals surface area contributed by atoms with E-state index < -0.39 is 0 Å². The van der Waals surface area contributed by atoms with E-state index in [1.54, 1.807) is 12.1 Å².